The predicted molar refractivity (Wildman–Crippen MR) is 47.3 cm³/mol. The van der Waals surface area contributed by atoms with Crippen molar-refractivity contribution >= 4 is 17.4 Å². The van der Waals surface area contributed by atoms with Gasteiger partial charge in [0.15, 0.2) is 0 Å². The minimum Gasteiger partial charge on any atom is -0.495 e. The summed E-state index contributed by atoms with van der Waals surface area (Å²) in [4.78, 5) is 0. The predicted octanol–water partition coefficient (Wildman–Crippen LogP) is 2.87. The molecule has 0 saturated carbocycles. The first-order valence-electron chi connectivity index (χ1n) is 3.28. The summed E-state index contributed by atoms with van der Waals surface area (Å²) in [6, 6.07) is 9.71. The van der Waals surface area contributed by atoms with Gasteiger partial charge in [-0.2, -0.15) is 0 Å². The Labute approximate surface area is 71.3 Å². The van der Waals surface area contributed by atoms with Gasteiger partial charge in [-0.15, -0.1) is 0 Å². The third-order valence-electron chi connectivity index (χ3n) is 1.38. The highest BCUT2D eigenvalue weighted by atomic mass is 35.5. The maximum atomic E-state index is 5.52. The van der Waals surface area contributed by atoms with Crippen molar-refractivity contribution in [1.29, 1.82) is 0 Å². The van der Waals surface area contributed by atoms with Crippen molar-refractivity contribution in [3.8, 4) is 0 Å². The molecule has 2 heteroatoms. The lowest BCUT2D eigenvalue weighted by Gasteiger charge is -2.02. The van der Waals surface area contributed by atoms with Gasteiger partial charge in [0, 0.05) is 11.1 Å². The number of rotatable bonds is 2. The summed E-state index contributed by atoms with van der Waals surface area (Å²) in [6.45, 7) is 0. The van der Waals surface area contributed by atoms with Gasteiger partial charge in [-0.3, -0.25) is 0 Å². The van der Waals surface area contributed by atoms with Crippen LogP contribution in [0.1, 0.15) is 5.56 Å². The molecule has 0 N–H and O–H groups in total. The van der Waals surface area contributed by atoms with Gasteiger partial charge in [0.2, 0.25) is 0 Å². The highest BCUT2D eigenvalue weighted by Gasteiger charge is 1.96. The zero-order valence-corrected chi connectivity index (χ0v) is 7.01. The molecule has 0 amide bonds. The Morgan fingerprint density at radius 3 is 2.45 bits per heavy atom. The van der Waals surface area contributed by atoms with E-state index in [1.165, 1.54) is 5.54 Å². The van der Waals surface area contributed by atoms with E-state index in [1.54, 1.807) is 7.11 Å². The number of methoxy groups -OCH3 is 1. The molecule has 0 fully saturated rings. The van der Waals surface area contributed by atoms with Crippen molar-refractivity contribution in [2.24, 2.45) is 0 Å². The van der Waals surface area contributed by atoms with Crippen molar-refractivity contribution in [3.63, 3.8) is 0 Å². The van der Waals surface area contributed by atoms with Gasteiger partial charge < -0.3 is 4.74 Å². The minimum atomic E-state index is 0.687. The van der Waals surface area contributed by atoms with Gasteiger partial charge in [0.1, 0.15) is 5.76 Å². The van der Waals surface area contributed by atoms with E-state index < -0.39 is 0 Å². The van der Waals surface area contributed by atoms with E-state index in [9.17, 15) is 0 Å². The molecule has 0 aliphatic heterocycles. The van der Waals surface area contributed by atoms with Crippen LogP contribution in [0, 0.1) is 0 Å². The largest absolute Gasteiger partial charge is 0.495 e. The standard InChI is InChI=1S/C9H9ClO/c1-11-9(7-10)8-5-3-2-4-6-8/h2-7H,1H3/b9-7-. The number of ether oxygens (including phenoxy) is 1. The molecule has 0 atom stereocenters. The molecule has 0 heterocycles. The Kier molecular flexibility index (Phi) is 2.99. The fourth-order valence-corrected chi connectivity index (χ4v) is 1.04. The molecular formula is C9H9ClO. The van der Waals surface area contributed by atoms with E-state index in [-0.39, 0.29) is 0 Å². The zero-order valence-electron chi connectivity index (χ0n) is 6.25. The molecule has 0 aliphatic carbocycles. The normalized spacial score (nSPS) is 11.3. The van der Waals surface area contributed by atoms with Gasteiger partial charge >= 0.3 is 0 Å². The molecule has 0 aliphatic rings. The zero-order chi connectivity index (χ0) is 8.10. The van der Waals surface area contributed by atoms with E-state index in [1.807, 2.05) is 30.3 Å². The van der Waals surface area contributed by atoms with Crippen LogP contribution in [-0.2, 0) is 4.74 Å². The smallest absolute Gasteiger partial charge is 0.137 e. The van der Waals surface area contributed by atoms with E-state index in [0.717, 1.165) is 5.56 Å². The Morgan fingerprint density at radius 2 is 2.00 bits per heavy atom. The first kappa shape index (κ1) is 8.15. The SMILES string of the molecule is CO/C(=C\Cl)c1ccccc1. The van der Waals surface area contributed by atoms with Crippen LogP contribution in [0.15, 0.2) is 35.9 Å². The molecule has 1 rings (SSSR count). The van der Waals surface area contributed by atoms with Crippen molar-refractivity contribution in [3.05, 3.63) is 41.4 Å². The molecule has 0 aromatic heterocycles. The van der Waals surface area contributed by atoms with Gasteiger partial charge in [0.25, 0.3) is 0 Å². The van der Waals surface area contributed by atoms with E-state index in [2.05, 4.69) is 0 Å². The molecule has 1 aromatic rings. The Balaban J connectivity index is 2.92. The maximum absolute atomic E-state index is 5.52. The van der Waals surface area contributed by atoms with Crippen LogP contribution in [0.4, 0.5) is 0 Å². The van der Waals surface area contributed by atoms with Crippen LogP contribution in [0.3, 0.4) is 0 Å². The first-order chi connectivity index (χ1) is 5.38. The topological polar surface area (TPSA) is 9.23 Å². The molecule has 0 radical (unpaired) electrons. The summed E-state index contributed by atoms with van der Waals surface area (Å²) in [6.07, 6.45) is 0. The second-order valence-electron chi connectivity index (χ2n) is 2.04. The highest BCUT2D eigenvalue weighted by Crippen LogP contribution is 2.14. The van der Waals surface area contributed by atoms with Crippen molar-refractivity contribution in [1.82, 2.24) is 0 Å². The van der Waals surface area contributed by atoms with E-state index in [0.29, 0.717) is 5.76 Å². The van der Waals surface area contributed by atoms with Gasteiger partial charge in [-0.05, 0) is 0 Å². The Bertz CT molecular complexity index is 241. The quantitative estimate of drug-likeness (QED) is 0.617. The molecule has 0 unspecified atom stereocenters. The summed E-state index contributed by atoms with van der Waals surface area (Å²) in [5, 5.41) is 0. The van der Waals surface area contributed by atoms with Gasteiger partial charge in [-0.25, -0.2) is 0 Å². The number of halogens is 1. The summed E-state index contributed by atoms with van der Waals surface area (Å²) in [5.41, 5.74) is 2.42. The molecule has 0 spiro atoms. The number of hydrogen-bond donors (Lipinski definition) is 0. The first-order valence-corrected chi connectivity index (χ1v) is 3.72. The molecule has 0 bridgehead atoms. The van der Waals surface area contributed by atoms with Crippen LogP contribution in [0.25, 0.3) is 5.76 Å². The van der Waals surface area contributed by atoms with Crippen LogP contribution >= 0.6 is 11.6 Å². The second-order valence-corrected chi connectivity index (χ2v) is 2.26. The molecule has 1 nitrogen and oxygen atoms in total. The Hall–Kier alpha value is -0.950. The van der Waals surface area contributed by atoms with Crippen LogP contribution in [0.5, 0.6) is 0 Å². The molecule has 58 valence electrons. The lowest BCUT2D eigenvalue weighted by molar-refractivity contribution is 0.371. The summed E-state index contributed by atoms with van der Waals surface area (Å²) in [5.74, 6) is 0.687. The summed E-state index contributed by atoms with van der Waals surface area (Å²) >= 11 is 5.52. The summed E-state index contributed by atoms with van der Waals surface area (Å²) in [7, 11) is 1.60. The molecule has 11 heavy (non-hydrogen) atoms. The highest BCUT2D eigenvalue weighted by molar-refractivity contribution is 6.27. The third kappa shape index (κ3) is 1.99. The molecular weight excluding hydrogens is 160 g/mol. The third-order valence-corrected chi connectivity index (χ3v) is 1.58. The average Bonchev–Trinajstić information content (AvgIpc) is 2.09. The monoisotopic (exact) mass is 168 g/mol. The van der Waals surface area contributed by atoms with Gasteiger partial charge in [-0.1, -0.05) is 41.9 Å². The van der Waals surface area contributed by atoms with Crippen LogP contribution < -0.4 is 0 Å². The van der Waals surface area contributed by atoms with Crippen LogP contribution in [0.2, 0.25) is 0 Å². The average molecular weight is 169 g/mol. The van der Waals surface area contributed by atoms with E-state index in [4.69, 9.17) is 16.3 Å². The van der Waals surface area contributed by atoms with Crippen molar-refractivity contribution in [2.75, 3.05) is 7.11 Å². The summed E-state index contributed by atoms with van der Waals surface area (Å²) < 4.78 is 5.01. The minimum absolute atomic E-state index is 0.687. The molecule has 0 saturated heterocycles. The fourth-order valence-electron chi connectivity index (χ4n) is 0.828. The Morgan fingerprint density at radius 1 is 1.36 bits per heavy atom. The lowest BCUT2D eigenvalue weighted by Crippen LogP contribution is -1.84. The fraction of sp³-hybridized carbons (Fsp3) is 0.111. The molecule has 1 aromatic carbocycles. The van der Waals surface area contributed by atoms with Crippen LogP contribution in [-0.4, -0.2) is 7.11 Å². The number of hydrogen-bond acceptors (Lipinski definition) is 1. The second kappa shape index (κ2) is 4.04. The van der Waals surface area contributed by atoms with Crippen molar-refractivity contribution in [2.45, 2.75) is 0 Å². The van der Waals surface area contributed by atoms with E-state index >= 15 is 0 Å². The maximum Gasteiger partial charge on any atom is 0.137 e. The lowest BCUT2D eigenvalue weighted by atomic mass is 10.2. The van der Waals surface area contributed by atoms with Gasteiger partial charge in [0.05, 0.1) is 7.11 Å². The van der Waals surface area contributed by atoms with Crippen molar-refractivity contribution < 1.29 is 4.74 Å². The number of benzene rings is 1.